The van der Waals surface area contributed by atoms with E-state index in [0.29, 0.717) is 26.5 Å². The first-order valence-electron chi connectivity index (χ1n) is 10.1. The van der Waals surface area contributed by atoms with Crippen LogP contribution in [0.3, 0.4) is 0 Å². The number of rotatable bonds is 7. The van der Waals surface area contributed by atoms with Gasteiger partial charge in [0.1, 0.15) is 12.6 Å². The highest BCUT2D eigenvalue weighted by Crippen LogP contribution is 2.30. The van der Waals surface area contributed by atoms with Gasteiger partial charge in [0.2, 0.25) is 11.8 Å². The van der Waals surface area contributed by atoms with Crippen LogP contribution in [-0.4, -0.2) is 32.3 Å². The molecule has 2 aromatic carbocycles. The quantitative estimate of drug-likeness (QED) is 0.439. The predicted molar refractivity (Wildman–Crippen MR) is 120 cm³/mol. The number of aromatic nitrogens is 3. The number of benzene rings is 2. The van der Waals surface area contributed by atoms with E-state index in [2.05, 4.69) is 10.4 Å². The Labute approximate surface area is 208 Å². The molecule has 1 unspecified atom stereocenters. The van der Waals surface area contributed by atoms with E-state index in [1.54, 1.807) is 0 Å². The Balaban J connectivity index is 1.93. The molecule has 0 aliphatic heterocycles. The van der Waals surface area contributed by atoms with Crippen molar-refractivity contribution in [2.24, 2.45) is 5.73 Å². The molecular weight excluding hydrogens is 532 g/mol. The second-order valence-electron chi connectivity index (χ2n) is 7.52. The van der Waals surface area contributed by atoms with Crippen molar-refractivity contribution >= 4 is 29.6 Å². The van der Waals surface area contributed by atoms with Crippen LogP contribution in [0.5, 0.6) is 0 Å². The Morgan fingerprint density at radius 2 is 1.73 bits per heavy atom. The van der Waals surface area contributed by atoms with E-state index in [-0.39, 0.29) is 23.0 Å². The number of hydrogen-bond acceptors (Lipinski definition) is 4. The Morgan fingerprint density at radius 1 is 1.08 bits per heavy atom. The summed E-state index contributed by atoms with van der Waals surface area (Å²) in [5.41, 5.74) is 2.92. The fourth-order valence-electron chi connectivity index (χ4n) is 3.17. The van der Waals surface area contributed by atoms with E-state index in [1.165, 1.54) is 24.3 Å². The molecule has 0 saturated carbocycles. The van der Waals surface area contributed by atoms with Gasteiger partial charge in [-0.2, -0.15) is 26.3 Å². The molecule has 0 spiro atoms. The van der Waals surface area contributed by atoms with Gasteiger partial charge in [-0.1, -0.05) is 23.7 Å². The highest BCUT2D eigenvalue weighted by molar-refractivity contribution is 6.30. The van der Waals surface area contributed by atoms with E-state index >= 15 is 0 Å². The molecule has 1 heterocycles. The van der Waals surface area contributed by atoms with E-state index < -0.39 is 48.0 Å². The average molecular weight is 548 g/mol. The summed E-state index contributed by atoms with van der Waals surface area (Å²) in [4.78, 5) is 37.2. The van der Waals surface area contributed by atoms with Gasteiger partial charge in [0.25, 0.3) is 0 Å². The number of nitrogens with two attached hydrogens (primary N) is 1. The van der Waals surface area contributed by atoms with Crippen LogP contribution in [0, 0.1) is 0 Å². The minimum absolute atomic E-state index is 0.187. The van der Waals surface area contributed by atoms with Crippen LogP contribution in [0.1, 0.15) is 17.2 Å². The first kappa shape index (κ1) is 27.5. The largest absolute Gasteiger partial charge is 0.416 e. The number of hydrogen-bond donors (Lipinski definition) is 2. The highest BCUT2D eigenvalue weighted by Gasteiger charge is 2.32. The molecule has 3 N–H and O–H groups in total. The number of halogens is 7. The fraction of sp³-hybridized carbons (Fsp3) is 0.182. The molecule has 2 amide bonds. The Kier molecular flexibility index (Phi) is 7.81. The lowest BCUT2D eigenvalue weighted by molar-refractivity contribution is -0.137. The molecule has 0 bridgehead atoms. The maximum atomic E-state index is 13.0. The standard InChI is InChI=1S/C22H16ClF6N5O3/c23-15-6-4-12(5-7-15)19-32-34(20(37)33(19)9-8-21(24,25)26)11-16(35)31-17(18(30)36)13-2-1-3-14(10-13)22(27,28)29/h1-10,17H,11H2,(H2,30,36)(H,31,35)/b9-8+. The third kappa shape index (κ3) is 7.00. The molecule has 15 heteroatoms. The molecule has 1 aromatic heterocycles. The summed E-state index contributed by atoms with van der Waals surface area (Å²) >= 11 is 5.81. The molecule has 8 nitrogen and oxygen atoms in total. The summed E-state index contributed by atoms with van der Waals surface area (Å²) < 4.78 is 78.4. The summed E-state index contributed by atoms with van der Waals surface area (Å²) in [5.74, 6) is -2.53. The zero-order valence-electron chi connectivity index (χ0n) is 18.3. The fourth-order valence-corrected chi connectivity index (χ4v) is 3.29. The molecule has 0 saturated heterocycles. The Bertz CT molecular complexity index is 1390. The maximum Gasteiger partial charge on any atom is 0.416 e. The monoisotopic (exact) mass is 547 g/mol. The lowest BCUT2D eigenvalue weighted by Crippen LogP contribution is -2.40. The van der Waals surface area contributed by atoms with Gasteiger partial charge in [-0.3, -0.25) is 9.59 Å². The molecule has 196 valence electrons. The molecule has 3 rings (SSSR count). The van der Waals surface area contributed by atoms with Crippen molar-refractivity contribution in [2.75, 3.05) is 0 Å². The molecule has 0 fully saturated rings. The second kappa shape index (κ2) is 10.5. The minimum atomic E-state index is -4.77. The van der Waals surface area contributed by atoms with E-state index in [9.17, 15) is 40.7 Å². The summed E-state index contributed by atoms with van der Waals surface area (Å²) in [6, 6.07) is 7.37. The smallest absolute Gasteiger partial charge is 0.368 e. The number of carbonyl (C=O) groups is 2. The summed E-state index contributed by atoms with van der Waals surface area (Å²) in [5, 5.41) is 6.32. The summed E-state index contributed by atoms with van der Waals surface area (Å²) in [6.45, 7) is -0.894. The first-order chi connectivity index (χ1) is 17.2. The van der Waals surface area contributed by atoms with Crippen LogP contribution in [0.2, 0.25) is 5.02 Å². The molecule has 0 radical (unpaired) electrons. The van der Waals surface area contributed by atoms with Crippen molar-refractivity contribution < 1.29 is 35.9 Å². The summed E-state index contributed by atoms with van der Waals surface area (Å²) in [6.07, 6.45) is -9.29. The van der Waals surface area contributed by atoms with E-state index in [0.717, 1.165) is 18.2 Å². The number of amides is 2. The Morgan fingerprint density at radius 3 is 2.30 bits per heavy atom. The zero-order valence-corrected chi connectivity index (χ0v) is 19.1. The number of nitrogens with zero attached hydrogens (tertiary/aromatic N) is 3. The van der Waals surface area contributed by atoms with Crippen molar-refractivity contribution in [3.8, 4) is 11.4 Å². The van der Waals surface area contributed by atoms with Gasteiger partial charge in [0.15, 0.2) is 5.82 Å². The van der Waals surface area contributed by atoms with Gasteiger partial charge < -0.3 is 11.1 Å². The van der Waals surface area contributed by atoms with Gasteiger partial charge in [0.05, 0.1) is 5.56 Å². The molecule has 3 aromatic rings. The highest BCUT2D eigenvalue weighted by atomic mass is 35.5. The lowest BCUT2D eigenvalue weighted by atomic mass is 10.0. The molecule has 37 heavy (non-hydrogen) atoms. The SMILES string of the molecule is NC(=O)C(NC(=O)Cn1nc(-c2ccc(Cl)cc2)n(/C=C/C(F)(F)F)c1=O)c1cccc(C(F)(F)F)c1. The number of allylic oxidation sites excluding steroid dienone is 1. The van der Waals surface area contributed by atoms with Crippen molar-refractivity contribution in [1.82, 2.24) is 19.7 Å². The topological polar surface area (TPSA) is 112 Å². The van der Waals surface area contributed by atoms with Gasteiger partial charge in [-0.15, -0.1) is 5.10 Å². The number of alkyl halides is 6. The van der Waals surface area contributed by atoms with Crippen LogP contribution < -0.4 is 16.7 Å². The lowest BCUT2D eigenvalue weighted by Gasteiger charge is -2.17. The predicted octanol–water partition coefficient (Wildman–Crippen LogP) is 3.76. The molecule has 0 aliphatic rings. The number of primary amides is 1. The third-order valence-electron chi connectivity index (χ3n) is 4.82. The number of nitrogens with one attached hydrogen (secondary N) is 1. The van der Waals surface area contributed by atoms with Gasteiger partial charge in [-0.05, 0) is 42.0 Å². The first-order valence-corrected chi connectivity index (χ1v) is 10.5. The van der Waals surface area contributed by atoms with Crippen LogP contribution in [-0.2, 0) is 22.3 Å². The van der Waals surface area contributed by atoms with Gasteiger partial charge >= 0.3 is 18.0 Å². The van der Waals surface area contributed by atoms with Crippen LogP contribution in [0.25, 0.3) is 17.6 Å². The normalized spacial score (nSPS) is 13.1. The average Bonchev–Trinajstić information content (AvgIpc) is 3.10. The van der Waals surface area contributed by atoms with Crippen molar-refractivity contribution in [3.63, 3.8) is 0 Å². The maximum absolute atomic E-state index is 13.0. The molecular formula is C22H16ClF6N5O3. The number of carbonyl (C=O) groups excluding carboxylic acids is 2. The Hall–Kier alpha value is -4.07. The summed E-state index contributed by atoms with van der Waals surface area (Å²) in [7, 11) is 0. The minimum Gasteiger partial charge on any atom is -0.368 e. The van der Waals surface area contributed by atoms with Gasteiger partial charge in [0, 0.05) is 22.9 Å². The van der Waals surface area contributed by atoms with Crippen molar-refractivity contribution in [2.45, 2.75) is 24.9 Å². The molecule has 0 aliphatic carbocycles. The molecule has 1 atom stereocenters. The third-order valence-corrected chi connectivity index (χ3v) is 5.07. The van der Waals surface area contributed by atoms with E-state index in [1.807, 2.05) is 0 Å². The second-order valence-corrected chi connectivity index (χ2v) is 7.96. The van der Waals surface area contributed by atoms with Crippen LogP contribution in [0.15, 0.2) is 59.4 Å². The zero-order chi connectivity index (χ0) is 27.5. The van der Waals surface area contributed by atoms with Crippen molar-refractivity contribution in [3.05, 3.63) is 81.2 Å². The van der Waals surface area contributed by atoms with Crippen LogP contribution in [0.4, 0.5) is 26.3 Å². The van der Waals surface area contributed by atoms with E-state index in [4.69, 9.17) is 17.3 Å². The van der Waals surface area contributed by atoms with Gasteiger partial charge in [-0.25, -0.2) is 14.0 Å². The van der Waals surface area contributed by atoms with Crippen LogP contribution >= 0.6 is 11.6 Å². The van der Waals surface area contributed by atoms with Crippen molar-refractivity contribution in [1.29, 1.82) is 0 Å².